The number of rotatable bonds is 3. The molecule has 24 heavy (non-hydrogen) atoms. The van der Waals surface area contributed by atoms with Crippen molar-refractivity contribution in [2.24, 2.45) is 7.05 Å². The Bertz CT molecular complexity index is 971. The van der Waals surface area contributed by atoms with Gasteiger partial charge in [0.1, 0.15) is 10.5 Å². The second kappa shape index (κ2) is 5.53. The molecule has 1 saturated heterocycles. The van der Waals surface area contributed by atoms with E-state index in [1.807, 2.05) is 4.90 Å². The first-order valence-corrected chi connectivity index (χ1v) is 8.91. The van der Waals surface area contributed by atoms with Crippen LogP contribution in [0.15, 0.2) is 29.4 Å². The molecule has 1 aliphatic rings. The minimum absolute atomic E-state index is 0.263. The number of nitrogens with one attached hydrogen (secondary N) is 1. The molecule has 0 unspecified atom stereocenters. The van der Waals surface area contributed by atoms with E-state index in [0.717, 1.165) is 0 Å². The van der Waals surface area contributed by atoms with Gasteiger partial charge in [-0.25, -0.2) is 18.1 Å². The van der Waals surface area contributed by atoms with E-state index in [0.29, 0.717) is 43.2 Å². The van der Waals surface area contributed by atoms with Gasteiger partial charge in [-0.05, 0) is 22.6 Å². The molecule has 4 heterocycles. The highest BCUT2D eigenvalue weighted by Crippen LogP contribution is 2.25. The summed E-state index contributed by atoms with van der Waals surface area (Å²) >= 11 is 0. The summed E-state index contributed by atoms with van der Waals surface area (Å²) in [4.78, 5) is 9.30. The van der Waals surface area contributed by atoms with Crippen molar-refractivity contribution in [1.82, 2.24) is 34.5 Å². The Morgan fingerprint density at radius 3 is 2.71 bits per heavy atom. The van der Waals surface area contributed by atoms with E-state index in [1.54, 1.807) is 30.1 Å². The van der Waals surface area contributed by atoms with Crippen molar-refractivity contribution in [2.75, 3.05) is 31.1 Å². The molecule has 10 nitrogen and oxygen atoms in total. The lowest BCUT2D eigenvalue weighted by molar-refractivity contribution is 0.381. The van der Waals surface area contributed by atoms with Crippen molar-refractivity contribution in [3.8, 4) is 0 Å². The monoisotopic (exact) mass is 348 g/mol. The molecule has 0 amide bonds. The highest BCUT2D eigenvalue weighted by molar-refractivity contribution is 7.89. The van der Waals surface area contributed by atoms with E-state index in [-0.39, 0.29) is 4.90 Å². The van der Waals surface area contributed by atoms with E-state index in [2.05, 4.69) is 25.5 Å². The normalized spacial score (nSPS) is 16.8. The van der Waals surface area contributed by atoms with Crippen molar-refractivity contribution in [3.63, 3.8) is 0 Å². The number of aromatic nitrogens is 6. The maximum atomic E-state index is 12.9. The van der Waals surface area contributed by atoms with Crippen molar-refractivity contribution >= 4 is 27.0 Å². The Morgan fingerprint density at radius 2 is 2.00 bits per heavy atom. The third-order valence-corrected chi connectivity index (χ3v) is 6.09. The molecule has 3 aromatic heterocycles. The molecule has 1 fully saturated rings. The fourth-order valence-corrected chi connectivity index (χ4v) is 4.48. The lowest BCUT2D eigenvalue weighted by Gasteiger charge is -2.33. The number of sulfonamides is 1. The fraction of sp³-hybridized carbons (Fsp3) is 0.385. The molecule has 4 rings (SSSR count). The fourth-order valence-electron chi connectivity index (χ4n) is 2.90. The number of nitrogens with zero attached hydrogens (tertiary/aromatic N) is 7. The van der Waals surface area contributed by atoms with Crippen LogP contribution in [0.25, 0.3) is 11.0 Å². The molecule has 126 valence electrons. The highest BCUT2D eigenvalue weighted by atomic mass is 32.2. The molecule has 11 heteroatoms. The number of hydrogen-bond acceptors (Lipinski definition) is 7. The van der Waals surface area contributed by atoms with Crippen molar-refractivity contribution in [2.45, 2.75) is 4.90 Å². The zero-order chi connectivity index (χ0) is 16.7. The van der Waals surface area contributed by atoms with Gasteiger partial charge in [0.15, 0.2) is 0 Å². The van der Waals surface area contributed by atoms with Crippen LogP contribution in [0.3, 0.4) is 0 Å². The minimum atomic E-state index is -3.57. The number of piperazine rings is 1. The molecular weight excluding hydrogens is 332 g/mol. The third kappa shape index (κ3) is 2.32. The van der Waals surface area contributed by atoms with E-state index in [1.165, 1.54) is 10.5 Å². The Morgan fingerprint density at radius 1 is 1.21 bits per heavy atom. The van der Waals surface area contributed by atoms with Gasteiger partial charge in [-0.1, -0.05) is 5.10 Å². The molecule has 3 aromatic rings. The van der Waals surface area contributed by atoms with Crippen LogP contribution in [0.1, 0.15) is 0 Å². The summed E-state index contributed by atoms with van der Waals surface area (Å²) < 4.78 is 28.9. The van der Waals surface area contributed by atoms with Crippen LogP contribution in [0, 0.1) is 0 Å². The van der Waals surface area contributed by atoms with Gasteiger partial charge in [-0.3, -0.25) is 0 Å². The van der Waals surface area contributed by atoms with E-state index < -0.39 is 10.0 Å². The summed E-state index contributed by atoms with van der Waals surface area (Å²) in [7, 11) is -1.81. The molecule has 0 radical (unpaired) electrons. The van der Waals surface area contributed by atoms with Crippen molar-refractivity contribution in [1.29, 1.82) is 0 Å². The number of tetrazole rings is 1. The third-order valence-electron chi connectivity index (χ3n) is 4.15. The first kappa shape index (κ1) is 15.0. The van der Waals surface area contributed by atoms with Crippen molar-refractivity contribution < 1.29 is 8.42 Å². The van der Waals surface area contributed by atoms with Crippen LogP contribution in [-0.4, -0.2) is 69.1 Å². The van der Waals surface area contributed by atoms with Crippen LogP contribution in [0.5, 0.6) is 0 Å². The topological polar surface area (TPSA) is 113 Å². The SMILES string of the molecule is Cn1nnnc1N1CCN(S(=O)(=O)c2c[nH]c3ncccc23)CC1. The number of anilines is 1. The van der Waals surface area contributed by atoms with Crippen LogP contribution in [0.4, 0.5) is 5.95 Å². The quantitative estimate of drug-likeness (QED) is 0.685. The number of pyridine rings is 1. The molecule has 0 atom stereocenters. The van der Waals surface area contributed by atoms with Gasteiger partial charge in [-0.15, -0.1) is 0 Å². The standard InChI is InChI=1S/C13H16N8O2S/c1-19-13(16-17-18-19)20-5-7-21(8-6-20)24(22,23)11-9-15-12-10(11)3-2-4-14-12/h2-4,9H,5-8H2,1H3,(H,14,15). The highest BCUT2D eigenvalue weighted by Gasteiger charge is 2.31. The summed E-state index contributed by atoms with van der Waals surface area (Å²) in [5.74, 6) is 0.642. The van der Waals surface area contributed by atoms with Gasteiger partial charge in [-0.2, -0.15) is 4.31 Å². The lowest BCUT2D eigenvalue weighted by atomic mass is 10.3. The smallest absolute Gasteiger partial charge is 0.245 e. The number of fused-ring (bicyclic) bond motifs is 1. The average molecular weight is 348 g/mol. The molecule has 0 bridgehead atoms. The minimum Gasteiger partial charge on any atom is -0.345 e. The van der Waals surface area contributed by atoms with E-state index in [4.69, 9.17) is 0 Å². The number of H-pyrrole nitrogens is 1. The molecule has 1 N–H and O–H groups in total. The van der Waals surface area contributed by atoms with Gasteiger partial charge in [0.25, 0.3) is 0 Å². The molecule has 0 saturated carbocycles. The Labute approximate surface area is 138 Å². The predicted octanol–water partition coefficient (Wildman–Crippen LogP) is -0.403. The maximum Gasteiger partial charge on any atom is 0.245 e. The Balaban J connectivity index is 1.57. The molecular formula is C13H16N8O2S. The summed E-state index contributed by atoms with van der Waals surface area (Å²) in [6, 6.07) is 3.49. The van der Waals surface area contributed by atoms with Crippen LogP contribution >= 0.6 is 0 Å². The van der Waals surface area contributed by atoms with Crippen LogP contribution in [-0.2, 0) is 17.1 Å². The second-order valence-electron chi connectivity index (χ2n) is 5.55. The molecule has 1 aliphatic heterocycles. The van der Waals surface area contributed by atoms with E-state index in [9.17, 15) is 8.42 Å². The first-order chi connectivity index (χ1) is 11.6. The Hall–Kier alpha value is -2.53. The van der Waals surface area contributed by atoms with Gasteiger partial charge in [0.2, 0.25) is 16.0 Å². The summed E-state index contributed by atoms with van der Waals surface area (Å²) in [5, 5.41) is 12.0. The zero-order valence-corrected chi connectivity index (χ0v) is 13.8. The lowest BCUT2D eigenvalue weighted by Crippen LogP contribution is -2.49. The largest absolute Gasteiger partial charge is 0.345 e. The molecule has 0 aliphatic carbocycles. The van der Waals surface area contributed by atoms with Gasteiger partial charge >= 0.3 is 0 Å². The first-order valence-electron chi connectivity index (χ1n) is 7.47. The number of hydrogen-bond donors (Lipinski definition) is 1. The molecule has 0 aromatic carbocycles. The number of aryl methyl sites for hydroxylation is 1. The van der Waals surface area contributed by atoms with Gasteiger partial charge in [0.05, 0.1) is 0 Å². The summed E-state index contributed by atoms with van der Waals surface area (Å²) in [5.41, 5.74) is 0.569. The van der Waals surface area contributed by atoms with Crippen LogP contribution in [0.2, 0.25) is 0 Å². The summed E-state index contributed by atoms with van der Waals surface area (Å²) in [6.45, 7) is 1.83. The maximum absolute atomic E-state index is 12.9. The predicted molar refractivity (Wildman–Crippen MR) is 85.9 cm³/mol. The van der Waals surface area contributed by atoms with Gasteiger partial charge < -0.3 is 9.88 Å². The van der Waals surface area contributed by atoms with Crippen molar-refractivity contribution in [3.05, 3.63) is 24.5 Å². The van der Waals surface area contributed by atoms with Gasteiger partial charge in [0, 0.05) is 51.0 Å². The summed E-state index contributed by atoms with van der Waals surface area (Å²) in [6.07, 6.45) is 3.13. The second-order valence-corrected chi connectivity index (χ2v) is 7.45. The van der Waals surface area contributed by atoms with Crippen LogP contribution < -0.4 is 4.90 Å². The number of aromatic amines is 1. The van der Waals surface area contributed by atoms with E-state index >= 15 is 0 Å². The Kier molecular flexibility index (Phi) is 3.46. The average Bonchev–Trinajstić information content (AvgIpc) is 3.21. The zero-order valence-electron chi connectivity index (χ0n) is 13.0. The molecule has 0 spiro atoms.